The molecule has 2 unspecified atom stereocenters. The molecule has 1 aromatic carbocycles. The van der Waals surface area contributed by atoms with E-state index in [0.717, 1.165) is 47.5 Å². The van der Waals surface area contributed by atoms with Gasteiger partial charge >= 0.3 is 0 Å². The van der Waals surface area contributed by atoms with Crippen molar-refractivity contribution in [2.45, 2.75) is 57.5 Å². The Morgan fingerprint density at radius 3 is 2.60 bits per heavy atom. The molecule has 10 heteroatoms. The number of hydrogen-bond acceptors (Lipinski definition) is 5. The Kier molecular flexibility index (Phi) is 6.90. The SMILES string of the molecule is CC(C)(O)O[C@H]1CC(n2ccc3c(Cl)nc(Cl)nc32)CC1CCc1ccc2cc(Cl)c(Cl)nc2c1. The van der Waals surface area contributed by atoms with Crippen molar-refractivity contribution < 1.29 is 9.84 Å². The molecule has 3 aromatic heterocycles. The molecule has 3 heterocycles. The van der Waals surface area contributed by atoms with Crippen molar-refractivity contribution in [3.63, 3.8) is 0 Å². The Morgan fingerprint density at radius 2 is 1.83 bits per heavy atom. The predicted molar refractivity (Wildman–Crippen MR) is 141 cm³/mol. The largest absolute Gasteiger partial charge is 0.366 e. The summed E-state index contributed by atoms with van der Waals surface area (Å²) < 4.78 is 8.20. The lowest BCUT2D eigenvalue weighted by Crippen LogP contribution is -2.32. The highest BCUT2D eigenvalue weighted by atomic mass is 35.5. The van der Waals surface area contributed by atoms with Crippen LogP contribution in [0, 0.1) is 5.92 Å². The Labute approximate surface area is 223 Å². The monoisotopic (exact) mass is 552 g/mol. The van der Waals surface area contributed by atoms with Gasteiger partial charge in [0, 0.05) is 17.6 Å². The van der Waals surface area contributed by atoms with Crippen molar-refractivity contribution in [1.29, 1.82) is 0 Å². The fourth-order valence-corrected chi connectivity index (χ4v) is 5.78. The maximum absolute atomic E-state index is 10.4. The average Bonchev–Trinajstić information content (AvgIpc) is 3.36. The van der Waals surface area contributed by atoms with Gasteiger partial charge in [-0.25, -0.2) is 9.97 Å². The van der Waals surface area contributed by atoms with Crippen LogP contribution in [0.3, 0.4) is 0 Å². The second-order valence-electron chi connectivity index (χ2n) is 9.56. The normalized spacial score (nSPS) is 20.8. The summed E-state index contributed by atoms with van der Waals surface area (Å²) in [5.41, 5.74) is 2.68. The molecule has 1 saturated carbocycles. The topological polar surface area (TPSA) is 73.1 Å². The van der Waals surface area contributed by atoms with E-state index in [4.69, 9.17) is 51.1 Å². The van der Waals surface area contributed by atoms with Gasteiger partial charge in [0.15, 0.2) is 5.79 Å². The third-order valence-corrected chi connectivity index (χ3v) is 7.66. The molecule has 1 N–H and O–H groups in total. The third-order valence-electron chi connectivity index (χ3n) is 6.53. The Hall–Kier alpha value is -1.67. The number of rotatable bonds is 6. The summed E-state index contributed by atoms with van der Waals surface area (Å²) in [7, 11) is 0. The van der Waals surface area contributed by atoms with E-state index in [1.807, 2.05) is 24.4 Å². The summed E-state index contributed by atoms with van der Waals surface area (Å²) in [5.74, 6) is -0.997. The highest BCUT2D eigenvalue weighted by Gasteiger charge is 2.38. The zero-order chi connectivity index (χ0) is 24.9. The molecule has 1 aliphatic rings. The minimum Gasteiger partial charge on any atom is -0.366 e. The van der Waals surface area contributed by atoms with Crippen LogP contribution in [0.2, 0.25) is 20.6 Å². The Bertz CT molecular complexity index is 1400. The summed E-state index contributed by atoms with van der Waals surface area (Å²) in [6.45, 7) is 3.33. The zero-order valence-electron chi connectivity index (χ0n) is 19.2. The van der Waals surface area contributed by atoms with Crippen LogP contribution in [-0.4, -0.2) is 36.5 Å². The summed E-state index contributed by atoms with van der Waals surface area (Å²) in [6.07, 6.45) is 5.20. The van der Waals surface area contributed by atoms with Gasteiger partial charge < -0.3 is 14.4 Å². The fourth-order valence-electron chi connectivity index (χ4n) is 5.04. The van der Waals surface area contributed by atoms with Crippen LogP contribution in [0.4, 0.5) is 0 Å². The number of aromatic nitrogens is 4. The molecule has 184 valence electrons. The molecular weight excluding hydrogens is 530 g/mol. The molecule has 5 rings (SSSR count). The maximum atomic E-state index is 10.4. The lowest BCUT2D eigenvalue weighted by Gasteiger charge is -2.27. The zero-order valence-corrected chi connectivity index (χ0v) is 22.2. The molecule has 0 radical (unpaired) electrons. The lowest BCUT2D eigenvalue weighted by atomic mass is 9.95. The van der Waals surface area contributed by atoms with Gasteiger partial charge in [0.2, 0.25) is 5.28 Å². The van der Waals surface area contributed by atoms with Crippen LogP contribution in [0.15, 0.2) is 36.5 Å². The van der Waals surface area contributed by atoms with Crippen molar-refractivity contribution in [3.05, 3.63) is 62.7 Å². The summed E-state index contributed by atoms with van der Waals surface area (Å²) in [4.78, 5) is 12.9. The van der Waals surface area contributed by atoms with Gasteiger partial charge in [-0.1, -0.05) is 46.9 Å². The van der Waals surface area contributed by atoms with E-state index in [1.54, 1.807) is 13.8 Å². The number of nitrogens with zero attached hydrogens (tertiary/aromatic N) is 4. The Balaban J connectivity index is 1.38. The molecule has 1 fully saturated rings. The van der Waals surface area contributed by atoms with Crippen molar-refractivity contribution in [3.8, 4) is 0 Å². The molecule has 0 amide bonds. The lowest BCUT2D eigenvalue weighted by molar-refractivity contribution is -0.212. The molecule has 3 atom stereocenters. The fraction of sp³-hybridized carbons (Fsp3) is 0.400. The van der Waals surface area contributed by atoms with E-state index in [-0.39, 0.29) is 23.3 Å². The second-order valence-corrected chi connectivity index (χ2v) is 11.0. The minimum absolute atomic E-state index is 0.114. The van der Waals surface area contributed by atoms with Crippen LogP contribution in [-0.2, 0) is 11.2 Å². The molecule has 35 heavy (non-hydrogen) atoms. The molecule has 6 nitrogen and oxygen atoms in total. The number of fused-ring (bicyclic) bond motifs is 2. The van der Waals surface area contributed by atoms with Crippen molar-refractivity contribution in [2.24, 2.45) is 5.92 Å². The first kappa shape index (κ1) is 25.0. The van der Waals surface area contributed by atoms with Gasteiger partial charge in [-0.2, -0.15) is 4.98 Å². The van der Waals surface area contributed by atoms with Crippen molar-refractivity contribution in [1.82, 2.24) is 19.5 Å². The number of ether oxygens (including phenoxy) is 1. The highest BCUT2D eigenvalue weighted by molar-refractivity contribution is 6.41. The van der Waals surface area contributed by atoms with Gasteiger partial charge in [-0.15, -0.1) is 0 Å². The second kappa shape index (κ2) is 9.66. The summed E-state index contributed by atoms with van der Waals surface area (Å²) >= 11 is 24.6. The van der Waals surface area contributed by atoms with E-state index in [2.05, 4.69) is 31.7 Å². The van der Waals surface area contributed by atoms with Gasteiger partial charge in [-0.05, 0) is 80.8 Å². The standard InChI is InChI=1S/C25H24Cl4N4O2/c1-25(2,34)35-20-12-16(33-8-7-17-21(27)31-24(29)32-23(17)33)10-15(20)6-4-13-3-5-14-11-18(26)22(28)30-19(14)9-13/h3,5,7-9,11,15-16,20,34H,4,6,10,12H2,1-2H3/t15?,16?,20-/m0/s1. The van der Waals surface area contributed by atoms with Crippen LogP contribution < -0.4 is 0 Å². The van der Waals surface area contributed by atoms with Crippen LogP contribution in [0.1, 0.15) is 44.7 Å². The molecule has 0 spiro atoms. The predicted octanol–water partition coefficient (Wildman–Crippen LogP) is 7.29. The summed E-state index contributed by atoms with van der Waals surface area (Å²) in [5, 5.41) is 13.3. The van der Waals surface area contributed by atoms with Crippen LogP contribution in [0.5, 0.6) is 0 Å². The molecule has 0 saturated heterocycles. The Morgan fingerprint density at radius 1 is 1.03 bits per heavy atom. The maximum Gasteiger partial charge on any atom is 0.225 e. The van der Waals surface area contributed by atoms with E-state index >= 15 is 0 Å². The minimum atomic E-state index is -1.23. The van der Waals surface area contributed by atoms with E-state index in [1.165, 1.54) is 0 Å². The van der Waals surface area contributed by atoms with Crippen molar-refractivity contribution >= 4 is 68.3 Å². The first-order chi connectivity index (χ1) is 16.6. The van der Waals surface area contributed by atoms with E-state index in [9.17, 15) is 5.11 Å². The van der Waals surface area contributed by atoms with Crippen LogP contribution >= 0.6 is 46.4 Å². The van der Waals surface area contributed by atoms with E-state index in [0.29, 0.717) is 21.0 Å². The van der Waals surface area contributed by atoms with Gasteiger partial charge in [-0.3, -0.25) is 0 Å². The van der Waals surface area contributed by atoms with Crippen LogP contribution in [0.25, 0.3) is 21.9 Å². The average molecular weight is 554 g/mol. The number of aryl methyl sites for hydroxylation is 1. The number of pyridine rings is 1. The molecule has 1 aliphatic carbocycles. The summed E-state index contributed by atoms with van der Waals surface area (Å²) in [6, 6.07) is 10.0. The first-order valence-electron chi connectivity index (χ1n) is 11.4. The highest BCUT2D eigenvalue weighted by Crippen LogP contribution is 2.42. The molecule has 0 aliphatic heterocycles. The third kappa shape index (κ3) is 5.38. The smallest absolute Gasteiger partial charge is 0.225 e. The molecular formula is C25H24Cl4N4O2. The van der Waals surface area contributed by atoms with Gasteiger partial charge in [0.25, 0.3) is 0 Å². The number of aliphatic hydroxyl groups is 1. The number of halogens is 4. The number of benzene rings is 1. The molecule has 4 aromatic rings. The first-order valence-corrected chi connectivity index (χ1v) is 12.9. The number of hydrogen-bond donors (Lipinski definition) is 1. The van der Waals surface area contributed by atoms with Gasteiger partial charge in [0.1, 0.15) is 16.0 Å². The van der Waals surface area contributed by atoms with Crippen molar-refractivity contribution in [2.75, 3.05) is 0 Å². The van der Waals surface area contributed by atoms with E-state index < -0.39 is 5.79 Å². The quantitative estimate of drug-likeness (QED) is 0.117. The van der Waals surface area contributed by atoms with Gasteiger partial charge in [0.05, 0.1) is 22.0 Å². The molecule has 0 bridgehead atoms.